The maximum absolute atomic E-state index is 13.4. The van der Waals surface area contributed by atoms with Crippen LogP contribution in [0.25, 0.3) is 0 Å². The van der Waals surface area contributed by atoms with Crippen molar-refractivity contribution in [2.24, 2.45) is 0 Å². The highest BCUT2D eigenvalue weighted by atomic mass is 35.5. The Hall–Kier alpha value is -2.83. The Bertz CT molecular complexity index is 1180. The van der Waals surface area contributed by atoms with Gasteiger partial charge in [-0.3, -0.25) is 9.10 Å². The minimum absolute atomic E-state index is 0.122. The van der Waals surface area contributed by atoms with E-state index in [-0.39, 0.29) is 11.4 Å². The Kier molecular flexibility index (Phi) is 6.48. The first kappa shape index (κ1) is 21.9. The minimum Gasteiger partial charge on any atom is -0.324 e. The first-order valence-corrected chi connectivity index (χ1v) is 11.2. The van der Waals surface area contributed by atoms with Crippen molar-refractivity contribution in [3.05, 3.63) is 88.4 Å². The molecule has 0 bridgehead atoms. The minimum atomic E-state index is -3.95. The van der Waals surface area contributed by atoms with Gasteiger partial charge in [0.05, 0.1) is 10.6 Å². The van der Waals surface area contributed by atoms with Crippen LogP contribution in [0.4, 0.5) is 11.4 Å². The van der Waals surface area contributed by atoms with Crippen LogP contribution in [0.15, 0.2) is 71.6 Å². The van der Waals surface area contributed by atoms with E-state index in [0.29, 0.717) is 16.4 Å². The average Bonchev–Trinajstić information content (AvgIpc) is 2.70. The molecule has 0 fully saturated rings. The Morgan fingerprint density at radius 3 is 2.30 bits per heavy atom. The normalized spacial score (nSPS) is 11.2. The maximum atomic E-state index is 13.4. The van der Waals surface area contributed by atoms with Gasteiger partial charge in [-0.15, -0.1) is 0 Å². The molecule has 5 nitrogen and oxygen atoms in total. The number of sulfonamides is 1. The zero-order valence-electron chi connectivity index (χ0n) is 17.0. The van der Waals surface area contributed by atoms with Crippen LogP contribution in [0, 0.1) is 20.8 Å². The summed E-state index contributed by atoms with van der Waals surface area (Å²) in [7, 11) is -3.95. The van der Waals surface area contributed by atoms with E-state index in [2.05, 4.69) is 5.32 Å². The number of halogens is 1. The third-order valence-electron chi connectivity index (χ3n) is 4.71. The number of rotatable bonds is 6. The van der Waals surface area contributed by atoms with E-state index < -0.39 is 15.9 Å². The lowest BCUT2D eigenvalue weighted by atomic mass is 10.1. The second kappa shape index (κ2) is 8.90. The summed E-state index contributed by atoms with van der Waals surface area (Å²) in [5.41, 5.74) is 3.61. The van der Waals surface area contributed by atoms with E-state index in [0.717, 1.165) is 21.0 Å². The summed E-state index contributed by atoms with van der Waals surface area (Å²) in [5.74, 6) is -0.458. The predicted molar refractivity (Wildman–Crippen MR) is 122 cm³/mol. The third kappa shape index (κ3) is 4.83. The van der Waals surface area contributed by atoms with Gasteiger partial charge < -0.3 is 5.32 Å². The number of anilines is 2. The van der Waals surface area contributed by atoms with Gasteiger partial charge in [-0.25, -0.2) is 8.42 Å². The Morgan fingerprint density at radius 1 is 0.933 bits per heavy atom. The van der Waals surface area contributed by atoms with Crippen LogP contribution in [0.2, 0.25) is 5.02 Å². The number of nitrogens with one attached hydrogen (secondary N) is 1. The molecule has 0 aromatic heterocycles. The standard InChI is InChI=1S/C23H23ClN2O3S/c1-16-9-12-22(18(3)13-16)26(30(28,29)20-7-5-4-6-8-20)15-23(27)25-21-14-19(24)11-10-17(21)2/h4-14H,15H2,1-3H3,(H,25,27). The summed E-state index contributed by atoms with van der Waals surface area (Å²) in [6.45, 7) is 5.23. The van der Waals surface area contributed by atoms with Crippen molar-refractivity contribution < 1.29 is 13.2 Å². The molecule has 30 heavy (non-hydrogen) atoms. The molecule has 0 atom stereocenters. The van der Waals surface area contributed by atoms with Crippen LogP contribution < -0.4 is 9.62 Å². The molecule has 0 aliphatic carbocycles. The molecule has 3 aromatic carbocycles. The summed E-state index contributed by atoms with van der Waals surface area (Å²) in [4.78, 5) is 13.0. The van der Waals surface area contributed by atoms with Crippen LogP contribution >= 0.6 is 11.6 Å². The zero-order valence-corrected chi connectivity index (χ0v) is 18.6. The molecule has 1 N–H and O–H groups in total. The number of nitrogens with zero attached hydrogens (tertiary/aromatic N) is 1. The molecule has 0 saturated carbocycles. The number of aryl methyl sites for hydroxylation is 3. The predicted octanol–water partition coefficient (Wildman–Crippen LogP) is 5.10. The van der Waals surface area contributed by atoms with Crippen LogP contribution in [0.3, 0.4) is 0 Å². The van der Waals surface area contributed by atoms with Gasteiger partial charge in [0.2, 0.25) is 5.91 Å². The number of amides is 1. The fraction of sp³-hybridized carbons (Fsp3) is 0.174. The molecule has 3 rings (SSSR count). The monoisotopic (exact) mass is 442 g/mol. The van der Waals surface area contributed by atoms with Crippen LogP contribution in [-0.4, -0.2) is 20.9 Å². The number of benzene rings is 3. The van der Waals surface area contributed by atoms with E-state index in [1.807, 2.05) is 32.9 Å². The average molecular weight is 443 g/mol. The molecule has 0 unspecified atom stereocenters. The molecule has 0 aliphatic rings. The van der Waals surface area contributed by atoms with E-state index >= 15 is 0 Å². The van der Waals surface area contributed by atoms with E-state index in [4.69, 9.17) is 11.6 Å². The Morgan fingerprint density at radius 2 is 1.63 bits per heavy atom. The van der Waals surface area contributed by atoms with Crippen molar-refractivity contribution in [1.82, 2.24) is 0 Å². The van der Waals surface area contributed by atoms with Crippen LogP contribution in [0.1, 0.15) is 16.7 Å². The number of carbonyl (C=O) groups is 1. The van der Waals surface area contributed by atoms with E-state index in [1.165, 1.54) is 12.1 Å². The van der Waals surface area contributed by atoms with E-state index in [9.17, 15) is 13.2 Å². The molecule has 0 spiro atoms. The fourth-order valence-corrected chi connectivity index (χ4v) is 4.83. The third-order valence-corrected chi connectivity index (χ3v) is 6.72. The molecule has 156 valence electrons. The maximum Gasteiger partial charge on any atom is 0.264 e. The highest BCUT2D eigenvalue weighted by Gasteiger charge is 2.28. The summed E-state index contributed by atoms with van der Waals surface area (Å²) >= 11 is 6.03. The molecule has 0 saturated heterocycles. The van der Waals surface area contributed by atoms with Gasteiger partial charge in [-0.1, -0.05) is 53.6 Å². The molecule has 7 heteroatoms. The topological polar surface area (TPSA) is 66.5 Å². The lowest BCUT2D eigenvalue weighted by molar-refractivity contribution is -0.114. The molecule has 0 aliphatic heterocycles. The molecule has 0 heterocycles. The second-order valence-electron chi connectivity index (χ2n) is 7.12. The lowest BCUT2D eigenvalue weighted by Gasteiger charge is -2.26. The second-order valence-corrected chi connectivity index (χ2v) is 9.42. The Balaban J connectivity index is 1.99. The number of hydrogen-bond acceptors (Lipinski definition) is 3. The Labute approximate surface area is 182 Å². The van der Waals surface area contributed by atoms with Crippen molar-refractivity contribution in [3.63, 3.8) is 0 Å². The molecular weight excluding hydrogens is 420 g/mol. The van der Waals surface area contributed by atoms with Crippen LogP contribution in [-0.2, 0) is 14.8 Å². The van der Waals surface area contributed by atoms with Crippen molar-refractivity contribution >= 4 is 38.9 Å². The van der Waals surface area contributed by atoms with Crippen molar-refractivity contribution in [2.75, 3.05) is 16.2 Å². The summed E-state index contributed by atoms with van der Waals surface area (Å²) in [5, 5.41) is 3.26. The van der Waals surface area contributed by atoms with Crippen molar-refractivity contribution in [2.45, 2.75) is 25.7 Å². The SMILES string of the molecule is Cc1ccc(N(CC(=O)Nc2cc(Cl)ccc2C)S(=O)(=O)c2ccccc2)c(C)c1. The first-order valence-electron chi connectivity index (χ1n) is 9.39. The molecule has 3 aromatic rings. The molecule has 1 amide bonds. The van der Waals surface area contributed by atoms with Gasteiger partial charge in [0.25, 0.3) is 10.0 Å². The summed E-state index contributed by atoms with van der Waals surface area (Å²) < 4.78 is 28.0. The summed E-state index contributed by atoms with van der Waals surface area (Å²) in [6.07, 6.45) is 0. The van der Waals surface area contributed by atoms with Gasteiger partial charge in [0, 0.05) is 10.7 Å². The summed E-state index contributed by atoms with van der Waals surface area (Å²) in [6, 6.07) is 18.7. The van der Waals surface area contributed by atoms with E-state index in [1.54, 1.807) is 42.5 Å². The van der Waals surface area contributed by atoms with Gasteiger partial charge in [-0.2, -0.15) is 0 Å². The number of hydrogen-bond donors (Lipinski definition) is 1. The number of carbonyl (C=O) groups excluding carboxylic acids is 1. The highest BCUT2D eigenvalue weighted by Crippen LogP contribution is 2.28. The fourth-order valence-electron chi connectivity index (χ4n) is 3.15. The van der Waals surface area contributed by atoms with Crippen molar-refractivity contribution in [1.29, 1.82) is 0 Å². The van der Waals surface area contributed by atoms with Gasteiger partial charge in [0.1, 0.15) is 6.54 Å². The van der Waals surface area contributed by atoms with Crippen LogP contribution in [0.5, 0.6) is 0 Å². The lowest BCUT2D eigenvalue weighted by Crippen LogP contribution is -2.38. The smallest absolute Gasteiger partial charge is 0.264 e. The van der Waals surface area contributed by atoms with Gasteiger partial charge in [0.15, 0.2) is 0 Å². The van der Waals surface area contributed by atoms with Gasteiger partial charge >= 0.3 is 0 Å². The highest BCUT2D eigenvalue weighted by molar-refractivity contribution is 7.92. The quantitative estimate of drug-likeness (QED) is 0.577. The zero-order chi connectivity index (χ0) is 21.9. The largest absolute Gasteiger partial charge is 0.324 e. The molecular formula is C23H23ClN2O3S. The van der Waals surface area contributed by atoms with Gasteiger partial charge in [-0.05, 0) is 62.2 Å². The van der Waals surface area contributed by atoms with Crippen molar-refractivity contribution in [3.8, 4) is 0 Å². The first-order chi connectivity index (χ1) is 14.2. The molecule has 0 radical (unpaired) electrons.